The highest BCUT2D eigenvalue weighted by molar-refractivity contribution is 7.89. The maximum absolute atomic E-state index is 13.1. The van der Waals surface area contributed by atoms with Gasteiger partial charge in [0.25, 0.3) is 0 Å². The van der Waals surface area contributed by atoms with Gasteiger partial charge in [-0.25, -0.2) is 8.42 Å². The van der Waals surface area contributed by atoms with Gasteiger partial charge in [0.1, 0.15) is 0 Å². The lowest BCUT2D eigenvalue weighted by Crippen LogP contribution is -2.37. The van der Waals surface area contributed by atoms with Crippen molar-refractivity contribution in [2.75, 3.05) is 11.9 Å². The lowest BCUT2D eigenvalue weighted by Gasteiger charge is -2.22. The average molecular weight is 415 g/mol. The van der Waals surface area contributed by atoms with Crippen LogP contribution in [0.2, 0.25) is 5.02 Å². The Labute approximate surface area is 169 Å². The van der Waals surface area contributed by atoms with Crippen molar-refractivity contribution in [1.82, 2.24) is 4.31 Å². The van der Waals surface area contributed by atoms with Crippen molar-refractivity contribution in [3.8, 4) is 0 Å². The molecule has 3 aromatic carbocycles. The second-order valence-corrected chi connectivity index (χ2v) is 8.50. The van der Waals surface area contributed by atoms with Crippen molar-refractivity contribution in [2.24, 2.45) is 0 Å². The standard InChI is InChI=1S/C21H19ClN2O3S/c22-18-13-11-17(12-14-18)15-24(28(26,27)20-9-5-2-6-10-20)16-21(25)23-19-7-3-1-4-8-19/h1-14H,15-16H2,(H,23,25). The van der Waals surface area contributed by atoms with Crippen LogP contribution in [0.25, 0.3) is 0 Å². The van der Waals surface area contributed by atoms with E-state index in [0.29, 0.717) is 10.7 Å². The molecule has 0 bridgehead atoms. The number of sulfonamides is 1. The van der Waals surface area contributed by atoms with E-state index in [-0.39, 0.29) is 18.0 Å². The summed E-state index contributed by atoms with van der Waals surface area (Å²) in [6.45, 7) is -0.259. The zero-order valence-electron chi connectivity index (χ0n) is 15.0. The number of carbonyl (C=O) groups is 1. The van der Waals surface area contributed by atoms with Crippen molar-refractivity contribution in [2.45, 2.75) is 11.4 Å². The van der Waals surface area contributed by atoms with Crippen molar-refractivity contribution < 1.29 is 13.2 Å². The van der Waals surface area contributed by atoms with Crippen molar-refractivity contribution in [3.63, 3.8) is 0 Å². The minimum atomic E-state index is -3.86. The molecule has 0 aromatic heterocycles. The molecule has 1 amide bonds. The quantitative estimate of drug-likeness (QED) is 0.631. The Balaban J connectivity index is 1.85. The number of hydrogen-bond donors (Lipinski definition) is 1. The SMILES string of the molecule is O=C(CN(Cc1ccc(Cl)cc1)S(=O)(=O)c1ccccc1)Nc1ccccc1. The van der Waals surface area contributed by atoms with Gasteiger partial charge in [-0.2, -0.15) is 4.31 Å². The minimum absolute atomic E-state index is 0.0522. The summed E-state index contributed by atoms with van der Waals surface area (Å²) < 4.78 is 27.4. The molecule has 0 fully saturated rings. The first-order valence-electron chi connectivity index (χ1n) is 8.60. The fourth-order valence-corrected chi connectivity index (χ4v) is 4.17. The molecule has 0 aliphatic carbocycles. The number of para-hydroxylation sites is 1. The average Bonchev–Trinajstić information content (AvgIpc) is 2.70. The van der Waals surface area contributed by atoms with Crippen LogP contribution in [0.1, 0.15) is 5.56 Å². The normalized spacial score (nSPS) is 11.4. The summed E-state index contributed by atoms with van der Waals surface area (Å²) >= 11 is 5.91. The van der Waals surface area contributed by atoms with E-state index in [9.17, 15) is 13.2 Å². The molecule has 0 aliphatic heterocycles. The number of nitrogens with zero attached hydrogens (tertiary/aromatic N) is 1. The van der Waals surface area contributed by atoms with Crippen LogP contribution in [0.4, 0.5) is 5.69 Å². The zero-order chi connectivity index (χ0) is 20.0. The van der Waals surface area contributed by atoms with Crippen LogP contribution in [-0.4, -0.2) is 25.2 Å². The number of nitrogens with one attached hydrogen (secondary N) is 1. The molecule has 7 heteroatoms. The van der Waals surface area contributed by atoms with E-state index in [2.05, 4.69) is 5.32 Å². The number of benzene rings is 3. The van der Waals surface area contributed by atoms with E-state index in [1.807, 2.05) is 6.07 Å². The predicted octanol–water partition coefficient (Wildman–Crippen LogP) is 4.17. The van der Waals surface area contributed by atoms with Gasteiger partial charge in [0, 0.05) is 17.3 Å². The van der Waals surface area contributed by atoms with Gasteiger partial charge >= 0.3 is 0 Å². The molecule has 144 valence electrons. The largest absolute Gasteiger partial charge is 0.325 e. The van der Waals surface area contributed by atoms with Crippen molar-refractivity contribution >= 4 is 33.2 Å². The van der Waals surface area contributed by atoms with Crippen LogP contribution in [-0.2, 0) is 21.4 Å². The fourth-order valence-electron chi connectivity index (χ4n) is 2.64. The highest BCUT2D eigenvalue weighted by Crippen LogP contribution is 2.19. The molecule has 1 N–H and O–H groups in total. The van der Waals surface area contributed by atoms with Crippen molar-refractivity contribution in [3.05, 3.63) is 95.5 Å². The van der Waals surface area contributed by atoms with Crippen LogP contribution in [0, 0.1) is 0 Å². The Bertz CT molecular complexity index is 1020. The van der Waals surface area contributed by atoms with E-state index >= 15 is 0 Å². The van der Waals surface area contributed by atoms with E-state index in [4.69, 9.17) is 11.6 Å². The van der Waals surface area contributed by atoms with E-state index in [0.717, 1.165) is 9.87 Å². The zero-order valence-corrected chi connectivity index (χ0v) is 16.5. The molecule has 0 radical (unpaired) electrons. The number of halogens is 1. The first kappa shape index (κ1) is 20.1. The van der Waals surface area contributed by atoms with E-state index in [1.54, 1.807) is 66.7 Å². The first-order valence-corrected chi connectivity index (χ1v) is 10.4. The van der Waals surface area contributed by atoms with Gasteiger partial charge in [-0.15, -0.1) is 0 Å². The number of hydrogen-bond acceptors (Lipinski definition) is 3. The molecule has 0 heterocycles. The van der Waals surface area contributed by atoms with Gasteiger partial charge < -0.3 is 5.32 Å². The van der Waals surface area contributed by atoms with Crippen LogP contribution >= 0.6 is 11.6 Å². The van der Waals surface area contributed by atoms with Gasteiger partial charge in [-0.1, -0.05) is 60.1 Å². The molecule has 0 spiro atoms. The van der Waals surface area contributed by atoms with Crippen LogP contribution in [0.5, 0.6) is 0 Å². The van der Waals surface area contributed by atoms with Gasteiger partial charge in [0.15, 0.2) is 0 Å². The number of amides is 1. The van der Waals surface area contributed by atoms with E-state index < -0.39 is 15.9 Å². The summed E-state index contributed by atoms with van der Waals surface area (Å²) in [7, 11) is -3.86. The summed E-state index contributed by atoms with van der Waals surface area (Å²) in [5, 5.41) is 3.28. The summed E-state index contributed by atoms with van der Waals surface area (Å²) in [6.07, 6.45) is 0. The third-order valence-electron chi connectivity index (χ3n) is 4.03. The minimum Gasteiger partial charge on any atom is -0.325 e. The molecule has 3 rings (SSSR count). The molecular formula is C21H19ClN2O3S. The van der Waals surface area contributed by atoms with Gasteiger partial charge in [0.2, 0.25) is 15.9 Å². The lowest BCUT2D eigenvalue weighted by molar-refractivity contribution is -0.116. The fraction of sp³-hybridized carbons (Fsp3) is 0.0952. The maximum Gasteiger partial charge on any atom is 0.243 e. The molecule has 3 aromatic rings. The monoisotopic (exact) mass is 414 g/mol. The Morgan fingerprint density at radius 2 is 1.43 bits per heavy atom. The Morgan fingerprint density at radius 3 is 2.04 bits per heavy atom. The first-order chi connectivity index (χ1) is 13.4. The van der Waals surface area contributed by atoms with Crippen molar-refractivity contribution in [1.29, 1.82) is 0 Å². The lowest BCUT2D eigenvalue weighted by atomic mass is 10.2. The Morgan fingerprint density at radius 1 is 0.857 bits per heavy atom. The summed E-state index contributed by atoms with van der Waals surface area (Å²) in [5.41, 5.74) is 1.34. The predicted molar refractivity (Wildman–Crippen MR) is 111 cm³/mol. The second-order valence-electron chi connectivity index (χ2n) is 6.13. The smallest absolute Gasteiger partial charge is 0.243 e. The molecule has 0 atom stereocenters. The second kappa shape index (κ2) is 9.01. The summed E-state index contributed by atoms with van der Waals surface area (Å²) in [6, 6.07) is 23.8. The van der Waals surface area contributed by atoms with Crippen LogP contribution < -0.4 is 5.32 Å². The van der Waals surface area contributed by atoms with Gasteiger partial charge in [0.05, 0.1) is 11.4 Å². The topological polar surface area (TPSA) is 66.5 Å². The van der Waals surface area contributed by atoms with Gasteiger partial charge in [-0.3, -0.25) is 4.79 Å². The van der Waals surface area contributed by atoms with E-state index in [1.165, 1.54) is 12.1 Å². The molecule has 0 aliphatic rings. The summed E-state index contributed by atoms with van der Waals surface area (Å²) in [5.74, 6) is -0.417. The van der Waals surface area contributed by atoms with Gasteiger partial charge in [-0.05, 0) is 42.0 Å². The number of rotatable bonds is 7. The molecule has 0 unspecified atom stereocenters. The molecule has 28 heavy (non-hydrogen) atoms. The molecule has 5 nitrogen and oxygen atoms in total. The van der Waals surface area contributed by atoms with Crippen LogP contribution in [0.15, 0.2) is 89.8 Å². The number of carbonyl (C=O) groups excluding carboxylic acids is 1. The number of anilines is 1. The highest BCUT2D eigenvalue weighted by Gasteiger charge is 2.26. The Hall–Kier alpha value is -2.67. The molecule has 0 saturated carbocycles. The Kier molecular flexibility index (Phi) is 6.46. The molecular weight excluding hydrogens is 396 g/mol. The molecule has 0 saturated heterocycles. The third-order valence-corrected chi connectivity index (χ3v) is 6.09. The maximum atomic E-state index is 13.1. The summed E-state index contributed by atoms with van der Waals surface area (Å²) in [4.78, 5) is 12.6. The third kappa shape index (κ3) is 5.19. The highest BCUT2D eigenvalue weighted by atomic mass is 35.5. The van der Waals surface area contributed by atoms with Crippen LogP contribution in [0.3, 0.4) is 0 Å².